The van der Waals surface area contributed by atoms with Crippen LogP contribution in [0, 0.1) is 0 Å². The number of benzene rings is 1. The molecule has 1 fully saturated rings. The summed E-state index contributed by atoms with van der Waals surface area (Å²) in [4.78, 5) is 22.1. The number of alkyl halides is 6. The largest absolute Gasteiger partial charge is 0.416 e. The lowest BCUT2D eigenvalue weighted by molar-refractivity contribution is -0.143. The van der Waals surface area contributed by atoms with E-state index >= 15 is 0 Å². The Kier molecular flexibility index (Phi) is 5.18. The molecule has 1 aromatic heterocycles. The maximum Gasteiger partial charge on any atom is 0.416 e. The Morgan fingerprint density at radius 1 is 0.893 bits per heavy atom. The monoisotopic (exact) mass is 404 g/mol. The van der Waals surface area contributed by atoms with E-state index in [2.05, 4.69) is 15.3 Å². The summed E-state index contributed by atoms with van der Waals surface area (Å²) >= 11 is 0. The lowest BCUT2D eigenvalue weighted by Crippen LogP contribution is -2.20. The number of nitrogens with zero attached hydrogens (tertiary/aromatic N) is 3. The third-order valence-corrected chi connectivity index (χ3v) is 4.17. The predicted octanol–water partition coefficient (Wildman–Crippen LogP) is 4.37. The van der Waals surface area contributed by atoms with Crippen LogP contribution in [0.5, 0.6) is 0 Å². The number of carbonyl (C=O) groups is 1. The highest BCUT2D eigenvalue weighted by atomic mass is 19.4. The summed E-state index contributed by atoms with van der Waals surface area (Å²) in [6, 6.07) is 2.12. The molecule has 0 bridgehead atoms. The Morgan fingerprint density at radius 2 is 1.46 bits per heavy atom. The fourth-order valence-corrected chi connectivity index (χ4v) is 2.81. The standard InChI is InChI=1S/C17H14F6N4O/c18-16(19,20)11-5-10(6-12(7-11)17(21,22)23)15(28)26-13-8-14(25-9-24-13)27-3-1-2-4-27/h5-9H,1-4H2,(H,24,25,26,28). The summed E-state index contributed by atoms with van der Waals surface area (Å²) in [6.45, 7) is 1.51. The molecule has 150 valence electrons. The van der Waals surface area contributed by atoms with E-state index in [9.17, 15) is 31.1 Å². The van der Waals surface area contributed by atoms with E-state index in [1.165, 1.54) is 6.07 Å². The second kappa shape index (κ2) is 7.28. The molecule has 0 unspecified atom stereocenters. The fraction of sp³-hybridized carbons (Fsp3) is 0.353. The lowest BCUT2D eigenvalue weighted by atomic mass is 10.0. The van der Waals surface area contributed by atoms with Gasteiger partial charge >= 0.3 is 12.4 Å². The van der Waals surface area contributed by atoms with E-state index in [0.29, 0.717) is 18.0 Å². The van der Waals surface area contributed by atoms with Crippen LogP contribution in [-0.4, -0.2) is 29.0 Å². The minimum Gasteiger partial charge on any atom is -0.356 e. The normalized spacial score (nSPS) is 15.0. The van der Waals surface area contributed by atoms with Crippen LogP contribution in [0.1, 0.15) is 34.3 Å². The first kappa shape index (κ1) is 19.9. The first-order chi connectivity index (χ1) is 13.0. The summed E-state index contributed by atoms with van der Waals surface area (Å²) in [5.74, 6) is -0.640. The number of aromatic nitrogens is 2. The van der Waals surface area contributed by atoms with Gasteiger partial charge in [-0.15, -0.1) is 0 Å². The van der Waals surface area contributed by atoms with Gasteiger partial charge in [-0.05, 0) is 31.0 Å². The third-order valence-electron chi connectivity index (χ3n) is 4.17. The number of amides is 1. The maximum atomic E-state index is 12.9. The van der Waals surface area contributed by atoms with Crippen molar-refractivity contribution in [2.75, 3.05) is 23.3 Å². The van der Waals surface area contributed by atoms with E-state index < -0.39 is 35.0 Å². The van der Waals surface area contributed by atoms with Gasteiger partial charge in [0.05, 0.1) is 11.1 Å². The van der Waals surface area contributed by atoms with Crippen molar-refractivity contribution >= 4 is 17.5 Å². The summed E-state index contributed by atoms with van der Waals surface area (Å²) < 4.78 is 77.6. The number of halogens is 6. The van der Waals surface area contributed by atoms with Gasteiger partial charge < -0.3 is 10.2 Å². The van der Waals surface area contributed by atoms with Crippen molar-refractivity contribution in [1.82, 2.24) is 9.97 Å². The molecular formula is C17H14F6N4O. The van der Waals surface area contributed by atoms with Crippen molar-refractivity contribution < 1.29 is 31.1 Å². The van der Waals surface area contributed by atoms with Crippen LogP contribution in [0.2, 0.25) is 0 Å². The molecule has 1 aliphatic rings. The van der Waals surface area contributed by atoms with Crippen LogP contribution in [0.4, 0.5) is 38.0 Å². The van der Waals surface area contributed by atoms with Crippen LogP contribution in [0.25, 0.3) is 0 Å². The Balaban J connectivity index is 1.89. The molecule has 0 spiro atoms. The van der Waals surface area contributed by atoms with Gasteiger partial charge in [0.2, 0.25) is 0 Å². The first-order valence-electron chi connectivity index (χ1n) is 8.22. The highest BCUT2D eigenvalue weighted by Crippen LogP contribution is 2.36. The van der Waals surface area contributed by atoms with E-state index in [1.54, 1.807) is 0 Å². The average molecular weight is 404 g/mol. The zero-order valence-electron chi connectivity index (χ0n) is 14.2. The smallest absolute Gasteiger partial charge is 0.356 e. The van der Waals surface area contributed by atoms with Gasteiger partial charge in [0.25, 0.3) is 5.91 Å². The molecule has 11 heteroatoms. The minimum absolute atomic E-state index is 0.0205. The van der Waals surface area contributed by atoms with E-state index in [-0.39, 0.29) is 11.9 Å². The van der Waals surface area contributed by atoms with Gasteiger partial charge in [0.15, 0.2) is 0 Å². The van der Waals surface area contributed by atoms with Crippen LogP contribution < -0.4 is 10.2 Å². The zero-order chi connectivity index (χ0) is 20.5. The first-order valence-corrected chi connectivity index (χ1v) is 8.22. The van der Waals surface area contributed by atoms with E-state index in [0.717, 1.165) is 32.3 Å². The zero-order valence-corrected chi connectivity index (χ0v) is 14.2. The lowest BCUT2D eigenvalue weighted by Gasteiger charge is -2.17. The highest BCUT2D eigenvalue weighted by Gasteiger charge is 2.37. The number of carbonyl (C=O) groups excluding carboxylic acids is 1. The van der Waals surface area contributed by atoms with Gasteiger partial charge in [0, 0.05) is 24.7 Å². The molecular weight excluding hydrogens is 390 g/mol. The topological polar surface area (TPSA) is 58.1 Å². The number of rotatable bonds is 3. The number of nitrogens with one attached hydrogen (secondary N) is 1. The Morgan fingerprint density at radius 3 is 2.00 bits per heavy atom. The molecule has 1 saturated heterocycles. The van der Waals surface area contributed by atoms with Gasteiger partial charge in [0.1, 0.15) is 18.0 Å². The minimum atomic E-state index is -5.03. The van der Waals surface area contributed by atoms with Crippen LogP contribution in [-0.2, 0) is 12.4 Å². The summed E-state index contributed by atoms with van der Waals surface area (Å²) in [5, 5.41) is 2.23. The molecule has 0 aliphatic carbocycles. The second-order valence-electron chi connectivity index (χ2n) is 6.20. The molecule has 28 heavy (non-hydrogen) atoms. The summed E-state index contributed by atoms with van der Waals surface area (Å²) in [5.41, 5.74) is -3.90. The SMILES string of the molecule is O=C(Nc1cc(N2CCCC2)ncn1)c1cc(C(F)(F)F)cc(C(F)(F)F)c1. The maximum absolute atomic E-state index is 12.9. The van der Waals surface area contributed by atoms with Crippen molar-refractivity contribution in [3.63, 3.8) is 0 Å². The van der Waals surface area contributed by atoms with Crippen LogP contribution in [0.3, 0.4) is 0 Å². The molecule has 3 rings (SSSR count). The number of anilines is 2. The van der Waals surface area contributed by atoms with Gasteiger partial charge in [-0.2, -0.15) is 26.3 Å². The molecule has 2 heterocycles. The van der Waals surface area contributed by atoms with Crippen molar-refractivity contribution in [3.8, 4) is 0 Å². The quantitative estimate of drug-likeness (QED) is 0.772. The fourth-order valence-electron chi connectivity index (χ4n) is 2.81. The van der Waals surface area contributed by atoms with Crippen molar-refractivity contribution in [3.05, 3.63) is 47.3 Å². The molecule has 0 saturated carbocycles. The molecule has 1 aliphatic heterocycles. The Bertz CT molecular complexity index is 842. The van der Waals surface area contributed by atoms with Gasteiger partial charge in [-0.3, -0.25) is 4.79 Å². The van der Waals surface area contributed by atoms with Crippen LogP contribution in [0.15, 0.2) is 30.6 Å². The van der Waals surface area contributed by atoms with Gasteiger partial charge in [-0.1, -0.05) is 0 Å². The second-order valence-corrected chi connectivity index (χ2v) is 6.20. The Labute approximate surface area is 155 Å². The van der Waals surface area contributed by atoms with Crippen molar-refractivity contribution in [1.29, 1.82) is 0 Å². The van der Waals surface area contributed by atoms with E-state index in [1.807, 2.05) is 4.90 Å². The molecule has 1 aromatic carbocycles. The summed E-state index contributed by atoms with van der Waals surface area (Å²) in [7, 11) is 0. The number of hydrogen-bond acceptors (Lipinski definition) is 4. The van der Waals surface area contributed by atoms with Gasteiger partial charge in [-0.25, -0.2) is 9.97 Å². The van der Waals surface area contributed by atoms with Crippen LogP contribution >= 0.6 is 0 Å². The van der Waals surface area contributed by atoms with Crippen molar-refractivity contribution in [2.45, 2.75) is 25.2 Å². The molecule has 1 N–H and O–H groups in total. The summed E-state index contributed by atoms with van der Waals surface area (Å²) in [6.07, 6.45) is -6.97. The van der Waals surface area contributed by atoms with E-state index in [4.69, 9.17) is 0 Å². The predicted molar refractivity (Wildman–Crippen MR) is 87.9 cm³/mol. The molecule has 5 nitrogen and oxygen atoms in total. The Hall–Kier alpha value is -2.85. The highest BCUT2D eigenvalue weighted by molar-refractivity contribution is 6.04. The van der Waals surface area contributed by atoms with Crippen molar-refractivity contribution in [2.24, 2.45) is 0 Å². The average Bonchev–Trinajstić information content (AvgIpc) is 3.15. The molecule has 0 atom stereocenters. The number of hydrogen-bond donors (Lipinski definition) is 1. The third kappa shape index (κ3) is 4.52. The molecule has 0 radical (unpaired) electrons. The molecule has 2 aromatic rings. The molecule has 1 amide bonds.